The van der Waals surface area contributed by atoms with Gasteiger partial charge in [-0.15, -0.1) is 0 Å². The van der Waals surface area contributed by atoms with Gasteiger partial charge in [0.05, 0.1) is 18.2 Å². The maximum absolute atomic E-state index is 13.0. The number of piperazine rings is 1. The Balaban J connectivity index is 1.40. The van der Waals surface area contributed by atoms with E-state index in [0.29, 0.717) is 23.3 Å². The van der Waals surface area contributed by atoms with Gasteiger partial charge in [-0.3, -0.25) is 4.90 Å². The molecule has 0 atom stereocenters. The highest BCUT2D eigenvalue weighted by molar-refractivity contribution is 5.89. The lowest BCUT2D eigenvalue weighted by Gasteiger charge is -2.36. The summed E-state index contributed by atoms with van der Waals surface area (Å²) in [5.41, 5.74) is 4.19. The number of methoxy groups -OCH3 is 1. The SMILES string of the molecule is COc1ccc(N2CCN(Cc3c(O)ccc4c(C)c(-c5ccccc5)c(=O)oc34)CC2)cc1. The summed E-state index contributed by atoms with van der Waals surface area (Å²) >= 11 is 0. The topological polar surface area (TPSA) is 66.2 Å². The lowest BCUT2D eigenvalue weighted by Crippen LogP contribution is -2.46. The van der Waals surface area contributed by atoms with Gasteiger partial charge in [-0.1, -0.05) is 30.3 Å². The van der Waals surface area contributed by atoms with Gasteiger partial charge in [0.1, 0.15) is 17.1 Å². The Hall–Kier alpha value is -3.77. The molecule has 1 aliphatic rings. The number of aromatic hydroxyl groups is 1. The van der Waals surface area contributed by atoms with Crippen LogP contribution in [0.1, 0.15) is 11.1 Å². The number of benzene rings is 3. The molecule has 2 heterocycles. The molecule has 34 heavy (non-hydrogen) atoms. The number of fused-ring (bicyclic) bond motifs is 1. The van der Waals surface area contributed by atoms with Crippen LogP contribution in [-0.2, 0) is 6.54 Å². The first kappa shape index (κ1) is 22.0. The first-order chi connectivity index (χ1) is 16.5. The van der Waals surface area contributed by atoms with E-state index in [2.05, 4.69) is 21.9 Å². The molecule has 5 rings (SSSR count). The fourth-order valence-electron chi connectivity index (χ4n) is 4.73. The van der Waals surface area contributed by atoms with Gasteiger partial charge in [0, 0.05) is 43.8 Å². The van der Waals surface area contributed by atoms with Crippen LogP contribution in [0.2, 0.25) is 0 Å². The summed E-state index contributed by atoms with van der Waals surface area (Å²) in [5, 5.41) is 11.5. The molecule has 0 aliphatic carbocycles. The molecular formula is C28H28N2O4. The smallest absolute Gasteiger partial charge is 0.344 e. The van der Waals surface area contributed by atoms with Crippen LogP contribution in [0.3, 0.4) is 0 Å². The van der Waals surface area contributed by atoms with Crippen LogP contribution in [0.15, 0.2) is 75.9 Å². The van der Waals surface area contributed by atoms with Crippen molar-refractivity contribution in [1.29, 1.82) is 0 Å². The normalized spacial score (nSPS) is 14.5. The Kier molecular flexibility index (Phi) is 5.99. The summed E-state index contributed by atoms with van der Waals surface area (Å²) in [6.45, 7) is 5.89. The highest BCUT2D eigenvalue weighted by atomic mass is 16.5. The summed E-state index contributed by atoms with van der Waals surface area (Å²) in [7, 11) is 1.67. The van der Waals surface area contributed by atoms with E-state index in [1.165, 1.54) is 5.69 Å². The zero-order valence-corrected chi connectivity index (χ0v) is 19.5. The predicted molar refractivity (Wildman–Crippen MR) is 135 cm³/mol. The molecule has 0 saturated carbocycles. The first-order valence-electron chi connectivity index (χ1n) is 11.5. The highest BCUT2D eigenvalue weighted by Gasteiger charge is 2.22. The van der Waals surface area contributed by atoms with Crippen molar-refractivity contribution in [3.05, 3.63) is 88.3 Å². The zero-order valence-electron chi connectivity index (χ0n) is 19.5. The van der Waals surface area contributed by atoms with E-state index in [-0.39, 0.29) is 11.4 Å². The number of rotatable bonds is 5. The second-order valence-electron chi connectivity index (χ2n) is 8.66. The number of phenols is 1. The van der Waals surface area contributed by atoms with Gasteiger partial charge in [-0.05, 0) is 54.4 Å². The summed E-state index contributed by atoms with van der Waals surface area (Å²) in [4.78, 5) is 17.6. The number of nitrogens with zero attached hydrogens (tertiary/aromatic N) is 2. The van der Waals surface area contributed by atoms with E-state index in [0.717, 1.165) is 48.4 Å². The quantitative estimate of drug-likeness (QED) is 0.435. The molecule has 0 radical (unpaired) electrons. The minimum absolute atomic E-state index is 0.153. The van der Waals surface area contributed by atoms with Crippen LogP contribution >= 0.6 is 0 Å². The zero-order chi connectivity index (χ0) is 23.7. The molecule has 1 aliphatic heterocycles. The van der Waals surface area contributed by atoms with Crippen LogP contribution in [0, 0.1) is 6.92 Å². The van der Waals surface area contributed by atoms with Crippen molar-refractivity contribution in [3.63, 3.8) is 0 Å². The molecule has 0 bridgehead atoms. The van der Waals surface area contributed by atoms with E-state index in [1.807, 2.05) is 55.5 Å². The molecule has 1 saturated heterocycles. The minimum atomic E-state index is -0.382. The maximum atomic E-state index is 13.0. The van der Waals surface area contributed by atoms with Crippen molar-refractivity contribution in [1.82, 2.24) is 4.90 Å². The molecule has 6 heteroatoms. The van der Waals surface area contributed by atoms with Crippen LogP contribution in [-0.4, -0.2) is 43.3 Å². The fourth-order valence-corrected chi connectivity index (χ4v) is 4.73. The van der Waals surface area contributed by atoms with Gasteiger partial charge < -0.3 is 19.2 Å². The predicted octanol–water partition coefficient (Wildman–Crippen LogP) is 4.80. The Bertz CT molecular complexity index is 1360. The summed E-state index contributed by atoms with van der Waals surface area (Å²) in [6.07, 6.45) is 0. The Morgan fingerprint density at radius 3 is 2.32 bits per heavy atom. The monoisotopic (exact) mass is 456 g/mol. The number of aryl methyl sites for hydroxylation is 1. The van der Waals surface area contributed by atoms with Crippen molar-refractivity contribution in [3.8, 4) is 22.6 Å². The highest BCUT2D eigenvalue weighted by Crippen LogP contribution is 2.33. The third kappa shape index (κ3) is 4.13. The average Bonchev–Trinajstić information content (AvgIpc) is 2.87. The molecule has 3 aromatic carbocycles. The van der Waals surface area contributed by atoms with E-state index >= 15 is 0 Å². The lowest BCUT2D eigenvalue weighted by atomic mass is 9.98. The minimum Gasteiger partial charge on any atom is -0.507 e. The summed E-state index contributed by atoms with van der Waals surface area (Å²) in [6, 6.07) is 21.2. The number of hydrogen-bond acceptors (Lipinski definition) is 6. The molecule has 0 unspecified atom stereocenters. The van der Waals surface area contributed by atoms with Gasteiger partial charge in [-0.2, -0.15) is 0 Å². The van der Waals surface area contributed by atoms with Crippen molar-refractivity contribution < 1.29 is 14.3 Å². The van der Waals surface area contributed by atoms with Gasteiger partial charge in [0.2, 0.25) is 0 Å². The van der Waals surface area contributed by atoms with Crippen LogP contribution in [0.4, 0.5) is 5.69 Å². The molecule has 0 spiro atoms. The molecular weight excluding hydrogens is 428 g/mol. The number of ether oxygens (including phenoxy) is 1. The van der Waals surface area contributed by atoms with Crippen LogP contribution in [0.5, 0.6) is 11.5 Å². The van der Waals surface area contributed by atoms with Crippen LogP contribution in [0.25, 0.3) is 22.1 Å². The fraction of sp³-hybridized carbons (Fsp3) is 0.250. The van der Waals surface area contributed by atoms with Gasteiger partial charge in [0.25, 0.3) is 0 Å². The third-order valence-corrected chi connectivity index (χ3v) is 6.67. The Morgan fingerprint density at radius 2 is 1.65 bits per heavy atom. The average molecular weight is 457 g/mol. The Morgan fingerprint density at radius 1 is 0.941 bits per heavy atom. The van der Waals surface area contributed by atoms with Crippen molar-refractivity contribution in [2.24, 2.45) is 0 Å². The summed E-state index contributed by atoms with van der Waals surface area (Å²) in [5.74, 6) is 1.00. The lowest BCUT2D eigenvalue weighted by molar-refractivity contribution is 0.246. The standard InChI is InChI=1S/C28H28N2O4/c1-19-23-12-13-25(31)24(27(23)34-28(32)26(19)20-6-4-3-5-7-20)18-29-14-16-30(17-15-29)21-8-10-22(33-2)11-9-21/h3-13,31H,14-18H2,1-2H3. The van der Waals surface area contributed by atoms with Gasteiger partial charge in [0.15, 0.2) is 0 Å². The largest absolute Gasteiger partial charge is 0.507 e. The molecule has 4 aromatic rings. The van der Waals surface area contributed by atoms with Gasteiger partial charge in [-0.25, -0.2) is 4.79 Å². The molecule has 174 valence electrons. The van der Waals surface area contributed by atoms with Crippen LogP contribution < -0.4 is 15.3 Å². The second kappa shape index (κ2) is 9.23. The number of hydrogen-bond donors (Lipinski definition) is 1. The van der Waals surface area contributed by atoms with E-state index in [9.17, 15) is 9.90 Å². The molecule has 1 fully saturated rings. The second-order valence-corrected chi connectivity index (χ2v) is 8.66. The molecule has 1 aromatic heterocycles. The molecule has 6 nitrogen and oxygen atoms in total. The van der Waals surface area contributed by atoms with Crippen molar-refractivity contribution in [2.75, 3.05) is 38.2 Å². The van der Waals surface area contributed by atoms with E-state index in [1.54, 1.807) is 13.2 Å². The molecule has 0 amide bonds. The van der Waals surface area contributed by atoms with Crippen molar-refractivity contribution >= 4 is 16.7 Å². The molecule has 1 N–H and O–H groups in total. The van der Waals surface area contributed by atoms with E-state index < -0.39 is 0 Å². The van der Waals surface area contributed by atoms with E-state index in [4.69, 9.17) is 9.15 Å². The number of anilines is 1. The first-order valence-corrected chi connectivity index (χ1v) is 11.5. The van der Waals surface area contributed by atoms with Gasteiger partial charge >= 0.3 is 5.63 Å². The maximum Gasteiger partial charge on any atom is 0.344 e. The Labute approximate surface area is 198 Å². The third-order valence-electron chi connectivity index (χ3n) is 6.67. The number of phenolic OH excluding ortho intramolecular Hbond substituents is 1. The summed E-state index contributed by atoms with van der Waals surface area (Å²) < 4.78 is 11.1. The van der Waals surface area contributed by atoms with Crippen molar-refractivity contribution in [2.45, 2.75) is 13.5 Å².